The summed E-state index contributed by atoms with van der Waals surface area (Å²) in [6.45, 7) is 1.16. The van der Waals surface area contributed by atoms with Crippen LogP contribution in [0.1, 0.15) is 32.1 Å². The number of hydrogen-bond donors (Lipinski definition) is 1. The van der Waals surface area contributed by atoms with Crippen LogP contribution < -0.4 is 10.1 Å². The van der Waals surface area contributed by atoms with Crippen molar-refractivity contribution in [2.45, 2.75) is 38.2 Å². The Labute approximate surface area is 145 Å². The second kappa shape index (κ2) is 7.63. The topological polar surface area (TPSA) is 75.7 Å². The third-order valence-electron chi connectivity index (χ3n) is 4.60. The summed E-state index contributed by atoms with van der Waals surface area (Å²) in [4.78, 5) is 36.9. The van der Waals surface area contributed by atoms with Gasteiger partial charge in [-0.25, -0.2) is 4.39 Å². The first-order valence-corrected chi connectivity index (χ1v) is 8.52. The third-order valence-corrected chi connectivity index (χ3v) is 4.60. The van der Waals surface area contributed by atoms with Crippen LogP contribution >= 0.6 is 0 Å². The van der Waals surface area contributed by atoms with Crippen LogP contribution in [0.2, 0.25) is 0 Å². The minimum absolute atomic E-state index is 0.00320. The zero-order valence-electron chi connectivity index (χ0n) is 13.9. The summed E-state index contributed by atoms with van der Waals surface area (Å²) in [5.41, 5.74) is 0. The first-order valence-electron chi connectivity index (χ1n) is 8.52. The highest BCUT2D eigenvalue weighted by atomic mass is 19.1. The molecule has 1 aromatic carbocycles. The fourth-order valence-corrected chi connectivity index (χ4v) is 3.30. The van der Waals surface area contributed by atoms with Gasteiger partial charge < -0.3 is 9.64 Å². The molecule has 0 unspecified atom stereocenters. The van der Waals surface area contributed by atoms with Gasteiger partial charge in [-0.1, -0.05) is 0 Å². The molecule has 0 aliphatic carbocycles. The van der Waals surface area contributed by atoms with E-state index in [0.717, 1.165) is 0 Å². The summed E-state index contributed by atoms with van der Waals surface area (Å²) in [6, 6.07) is 5.90. The lowest BCUT2D eigenvalue weighted by Crippen LogP contribution is -2.44. The fourth-order valence-electron chi connectivity index (χ4n) is 3.30. The summed E-state index contributed by atoms with van der Waals surface area (Å²) in [7, 11) is 0. The number of ether oxygens (including phenoxy) is 1. The van der Waals surface area contributed by atoms with E-state index >= 15 is 0 Å². The molecule has 2 saturated heterocycles. The molecule has 0 bridgehead atoms. The van der Waals surface area contributed by atoms with E-state index in [4.69, 9.17) is 4.74 Å². The molecule has 0 saturated carbocycles. The zero-order chi connectivity index (χ0) is 17.8. The van der Waals surface area contributed by atoms with Gasteiger partial charge in [0, 0.05) is 45.2 Å². The molecule has 1 N–H and O–H groups in total. The Morgan fingerprint density at radius 2 is 1.72 bits per heavy atom. The van der Waals surface area contributed by atoms with Crippen LogP contribution in [0.4, 0.5) is 4.39 Å². The van der Waals surface area contributed by atoms with Gasteiger partial charge in [0.05, 0.1) is 0 Å². The highest BCUT2D eigenvalue weighted by molar-refractivity contribution is 5.98. The Morgan fingerprint density at radius 3 is 2.32 bits per heavy atom. The average Bonchev–Trinajstić information content (AvgIpc) is 2.56. The number of rotatable bonds is 4. The van der Waals surface area contributed by atoms with Crippen LogP contribution in [-0.2, 0) is 14.4 Å². The Bertz CT molecular complexity index is 638. The van der Waals surface area contributed by atoms with Gasteiger partial charge in [0.1, 0.15) is 17.7 Å². The van der Waals surface area contributed by atoms with Gasteiger partial charge in [-0.2, -0.15) is 0 Å². The monoisotopic (exact) mass is 348 g/mol. The summed E-state index contributed by atoms with van der Waals surface area (Å²) >= 11 is 0. The predicted molar refractivity (Wildman–Crippen MR) is 87.1 cm³/mol. The van der Waals surface area contributed by atoms with Crippen LogP contribution in [0, 0.1) is 11.7 Å². The van der Waals surface area contributed by atoms with Gasteiger partial charge in [0.25, 0.3) is 0 Å². The van der Waals surface area contributed by atoms with Crippen LogP contribution in [0.25, 0.3) is 0 Å². The quantitative estimate of drug-likeness (QED) is 0.840. The van der Waals surface area contributed by atoms with Crippen molar-refractivity contribution < 1.29 is 23.5 Å². The number of nitrogens with one attached hydrogen (secondary N) is 1. The van der Waals surface area contributed by atoms with E-state index in [1.165, 1.54) is 12.1 Å². The van der Waals surface area contributed by atoms with E-state index in [-0.39, 0.29) is 54.8 Å². The lowest BCUT2D eigenvalue weighted by molar-refractivity contribution is -0.137. The van der Waals surface area contributed by atoms with Crippen molar-refractivity contribution in [3.63, 3.8) is 0 Å². The second-order valence-electron chi connectivity index (χ2n) is 6.60. The molecule has 0 aromatic heterocycles. The minimum Gasteiger partial charge on any atom is -0.490 e. The third kappa shape index (κ3) is 4.78. The van der Waals surface area contributed by atoms with Crippen molar-refractivity contribution in [3.05, 3.63) is 30.1 Å². The molecule has 1 aromatic rings. The van der Waals surface area contributed by atoms with Crippen molar-refractivity contribution in [3.8, 4) is 5.75 Å². The second-order valence-corrected chi connectivity index (χ2v) is 6.60. The molecule has 25 heavy (non-hydrogen) atoms. The van der Waals surface area contributed by atoms with Crippen molar-refractivity contribution in [2.75, 3.05) is 13.1 Å². The lowest BCUT2D eigenvalue weighted by atomic mass is 9.92. The lowest BCUT2D eigenvalue weighted by Gasteiger charge is -2.33. The molecule has 2 aliphatic heterocycles. The molecule has 7 heteroatoms. The van der Waals surface area contributed by atoms with Crippen molar-refractivity contribution in [1.29, 1.82) is 0 Å². The maximum absolute atomic E-state index is 12.9. The summed E-state index contributed by atoms with van der Waals surface area (Å²) < 4.78 is 18.7. The molecule has 0 spiro atoms. The van der Waals surface area contributed by atoms with Gasteiger partial charge in [-0.15, -0.1) is 0 Å². The molecule has 0 radical (unpaired) electrons. The first kappa shape index (κ1) is 17.4. The van der Waals surface area contributed by atoms with Gasteiger partial charge in [-0.05, 0) is 30.2 Å². The van der Waals surface area contributed by atoms with Crippen molar-refractivity contribution in [1.82, 2.24) is 10.2 Å². The number of carbonyl (C=O) groups is 3. The molecular formula is C18H21FN2O4. The Hall–Kier alpha value is -2.44. The summed E-state index contributed by atoms with van der Waals surface area (Å²) in [5.74, 6) is -0.517. The van der Waals surface area contributed by atoms with E-state index in [1.54, 1.807) is 17.0 Å². The molecule has 2 heterocycles. The molecule has 3 amide bonds. The smallest absolute Gasteiger partial charge is 0.226 e. The number of piperidine rings is 2. The van der Waals surface area contributed by atoms with Crippen LogP contribution in [0.5, 0.6) is 5.75 Å². The van der Waals surface area contributed by atoms with Crippen LogP contribution in [0.3, 0.4) is 0 Å². The van der Waals surface area contributed by atoms with Crippen molar-refractivity contribution >= 4 is 17.7 Å². The number of benzene rings is 1. The zero-order valence-corrected chi connectivity index (χ0v) is 13.9. The highest BCUT2D eigenvalue weighted by Gasteiger charge is 2.30. The average molecular weight is 348 g/mol. The normalized spacial score (nSPS) is 19.6. The largest absolute Gasteiger partial charge is 0.490 e. The maximum Gasteiger partial charge on any atom is 0.226 e. The summed E-state index contributed by atoms with van der Waals surface area (Å²) in [6.07, 6.45) is 2.07. The molecule has 134 valence electrons. The predicted octanol–water partition coefficient (Wildman–Crippen LogP) is 1.64. The van der Waals surface area contributed by atoms with E-state index < -0.39 is 0 Å². The molecule has 3 rings (SSSR count). The number of nitrogens with zero attached hydrogens (tertiary/aromatic N) is 1. The molecule has 0 atom stereocenters. The number of halogens is 1. The SMILES string of the molecule is O=C1CC(CC(=O)N2CCC(Oc3ccc(F)cc3)CC2)CC(=O)N1. The summed E-state index contributed by atoms with van der Waals surface area (Å²) in [5, 5.41) is 2.25. The number of carbonyl (C=O) groups excluding carboxylic acids is 3. The standard InChI is InChI=1S/C18H21FN2O4/c19-13-1-3-14(4-2-13)25-15-5-7-21(8-6-15)18(24)11-12-9-16(22)20-17(23)10-12/h1-4,12,15H,5-11H2,(H,20,22,23). The number of amides is 3. The van der Waals surface area contributed by atoms with Gasteiger partial charge >= 0.3 is 0 Å². The van der Waals surface area contributed by atoms with Gasteiger partial charge in [-0.3, -0.25) is 19.7 Å². The first-order chi connectivity index (χ1) is 12.0. The van der Waals surface area contributed by atoms with E-state index in [1.807, 2.05) is 0 Å². The Morgan fingerprint density at radius 1 is 1.12 bits per heavy atom. The van der Waals surface area contributed by atoms with Crippen LogP contribution in [-0.4, -0.2) is 41.8 Å². The van der Waals surface area contributed by atoms with Crippen molar-refractivity contribution in [2.24, 2.45) is 5.92 Å². The Balaban J connectivity index is 1.45. The fraction of sp³-hybridized carbons (Fsp3) is 0.500. The minimum atomic E-state index is -0.305. The highest BCUT2D eigenvalue weighted by Crippen LogP contribution is 2.22. The maximum atomic E-state index is 12.9. The molecule has 2 aliphatic rings. The number of likely N-dealkylation sites (tertiary alicyclic amines) is 1. The molecule has 6 nitrogen and oxygen atoms in total. The van der Waals surface area contributed by atoms with Gasteiger partial charge in [0.2, 0.25) is 17.7 Å². The van der Waals surface area contributed by atoms with E-state index in [0.29, 0.717) is 31.7 Å². The van der Waals surface area contributed by atoms with Crippen LogP contribution in [0.15, 0.2) is 24.3 Å². The van der Waals surface area contributed by atoms with E-state index in [2.05, 4.69) is 5.32 Å². The number of imide groups is 1. The Kier molecular flexibility index (Phi) is 5.31. The van der Waals surface area contributed by atoms with E-state index in [9.17, 15) is 18.8 Å². The number of hydrogen-bond acceptors (Lipinski definition) is 4. The molecule has 2 fully saturated rings. The molecular weight excluding hydrogens is 327 g/mol. The van der Waals surface area contributed by atoms with Gasteiger partial charge in [0.15, 0.2) is 0 Å².